The molecular formula is C8H8O4S. The van der Waals surface area contributed by atoms with Gasteiger partial charge in [0.25, 0.3) is 0 Å². The summed E-state index contributed by atoms with van der Waals surface area (Å²) in [6.45, 7) is -0.349. The summed E-state index contributed by atoms with van der Waals surface area (Å²) in [6, 6.07) is 4.12. The van der Waals surface area contributed by atoms with Crippen molar-refractivity contribution in [1.29, 1.82) is 0 Å². The molecule has 0 radical (unpaired) electrons. The van der Waals surface area contributed by atoms with Gasteiger partial charge < -0.3 is 5.11 Å². The molecule has 0 aliphatic heterocycles. The predicted octanol–water partition coefficient (Wildman–Crippen LogP) is -0.0383. The third kappa shape index (κ3) is 2.13. The minimum atomic E-state index is -2.76. The molecule has 0 aliphatic rings. The fourth-order valence-electron chi connectivity index (χ4n) is 0.958. The highest BCUT2D eigenvalue weighted by atomic mass is 32.2. The first kappa shape index (κ1) is 9.88. The van der Waals surface area contributed by atoms with E-state index in [1.807, 2.05) is 0 Å². The Morgan fingerprint density at radius 2 is 2.08 bits per heavy atom. The smallest absolute Gasteiger partial charge is 0.168 e. The molecule has 1 N–H and O–H groups in total. The average Bonchev–Trinajstić information content (AvgIpc) is 2.16. The molecule has 0 saturated carbocycles. The van der Waals surface area contributed by atoms with Crippen LogP contribution < -0.4 is 0 Å². The van der Waals surface area contributed by atoms with Crippen molar-refractivity contribution in [2.75, 3.05) is 0 Å². The molecule has 0 aliphatic carbocycles. The topological polar surface area (TPSA) is 71.4 Å². The van der Waals surface area contributed by atoms with Crippen LogP contribution in [-0.4, -0.2) is 19.8 Å². The van der Waals surface area contributed by atoms with Crippen LogP contribution >= 0.6 is 0 Å². The number of carbonyl (C=O) groups is 1. The summed E-state index contributed by atoms with van der Waals surface area (Å²) >= 11 is 0. The molecule has 0 saturated heterocycles. The zero-order valence-electron chi connectivity index (χ0n) is 6.64. The quantitative estimate of drug-likeness (QED) is 0.530. The molecule has 0 atom stereocenters. The lowest BCUT2D eigenvalue weighted by atomic mass is 10.1. The number of carbonyl (C=O) groups excluding carboxylic acids is 1. The number of aliphatic hydroxyl groups excluding tert-OH is 1. The fourth-order valence-corrected chi connectivity index (χ4v) is 1.59. The maximum absolute atomic E-state index is 10.7. The van der Waals surface area contributed by atoms with Gasteiger partial charge >= 0.3 is 0 Å². The van der Waals surface area contributed by atoms with Gasteiger partial charge in [-0.05, 0) is 11.6 Å². The molecule has 0 unspecified atom stereocenters. The Hall–Kier alpha value is -1.20. The summed E-state index contributed by atoms with van der Waals surface area (Å²) in [5.74, 6) is 0. The second kappa shape index (κ2) is 4.15. The van der Waals surface area contributed by atoms with Gasteiger partial charge in [0.1, 0.15) is 6.29 Å². The van der Waals surface area contributed by atoms with Crippen molar-refractivity contribution in [3.63, 3.8) is 0 Å². The van der Waals surface area contributed by atoms with Crippen molar-refractivity contribution in [1.82, 2.24) is 0 Å². The predicted molar refractivity (Wildman–Crippen MR) is 46.3 cm³/mol. The van der Waals surface area contributed by atoms with Crippen LogP contribution in [0.2, 0.25) is 0 Å². The highest BCUT2D eigenvalue weighted by Gasteiger charge is 2.04. The first-order chi connectivity index (χ1) is 6.19. The average molecular weight is 200 g/mol. The SMILES string of the molecule is O=Cc1ccc(CO)c([SH](=O)=O)c1. The molecule has 1 rings (SSSR count). The molecule has 0 bridgehead atoms. The highest BCUT2D eigenvalue weighted by Crippen LogP contribution is 2.12. The van der Waals surface area contributed by atoms with Gasteiger partial charge in [0.05, 0.1) is 11.5 Å². The van der Waals surface area contributed by atoms with E-state index >= 15 is 0 Å². The summed E-state index contributed by atoms with van der Waals surface area (Å²) in [5.41, 5.74) is 0.591. The monoisotopic (exact) mass is 200 g/mol. The summed E-state index contributed by atoms with van der Waals surface area (Å²) in [5, 5.41) is 8.78. The Morgan fingerprint density at radius 1 is 1.38 bits per heavy atom. The van der Waals surface area contributed by atoms with Gasteiger partial charge in [-0.1, -0.05) is 12.1 Å². The Labute approximate surface area is 76.8 Å². The van der Waals surface area contributed by atoms with Crippen LogP contribution in [0.25, 0.3) is 0 Å². The maximum atomic E-state index is 10.7. The van der Waals surface area contributed by atoms with Crippen molar-refractivity contribution in [2.45, 2.75) is 11.5 Å². The van der Waals surface area contributed by atoms with Gasteiger partial charge in [0.15, 0.2) is 10.7 Å². The van der Waals surface area contributed by atoms with Crippen molar-refractivity contribution in [2.24, 2.45) is 0 Å². The second-order valence-corrected chi connectivity index (χ2v) is 3.42. The first-order valence-corrected chi connectivity index (χ1v) is 4.70. The van der Waals surface area contributed by atoms with Crippen molar-refractivity contribution in [3.05, 3.63) is 29.3 Å². The maximum Gasteiger partial charge on any atom is 0.168 e. The zero-order chi connectivity index (χ0) is 9.84. The Balaban J connectivity index is 3.33. The second-order valence-electron chi connectivity index (χ2n) is 2.42. The number of benzene rings is 1. The number of hydrogen-bond donors (Lipinski definition) is 2. The van der Waals surface area contributed by atoms with Crippen LogP contribution in [0, 0.1) is 0 Å². The molecular weight excluding hydrogens is 192 g/mol. The summed E-state index contributed by atoms with van der Waals surface area (Å²) in [7, 11) is -2.76. The fraction of sp³-hybridized carbons (Fsp3) is 0.125. The van der Waals surface area contributed by atoms with Crippen molar-refractivity contribution in [3.8, 4) is 0 Å². The van der Waals surface area contributed by atoms with E-state index in [2.05, 4.69) is 0 Å². The van der Waals surface area contributed by atoms with E-state index in [0.717, 1.165) is 0 Å². The minimum Gasteiger partial charge on any atom is -0.392 e. The molecule has 70 valence electrons. The molecule has 0 aromatic heterocycles. The lowest BCUT2D eigenvalue weighted by molar-refractivity contribution is 0.112. The number of rotatable bonds is 3. The van der Waals surface area contributed by atoms with Crippen molar-refractivity contribution < 1.29 is 18.3 Å². The van der Waals surface area contributed by atoms with Gasteiger partial charge in [-0.15, -0.1) is 0 Å². The summed E-state index contributed by atoms with van der Waals surface area (Å²) < 4.78 is 21.3. The number of aldehydes is 1. The van der Waals surface area contributed by atoms with E-state index < -0.39 is 10.7 Å². The van der Waals surface area contributed by atoms with Gasteiger partial charge in [-0.3, -0.25) is 4.79 Å². The van der Waals surface area contributed by atoms with Crippen LogP contribution in [0.15, 0.2) is 23.1 Å². The van der Waals surface area contributed by atoms with E-state index in [1.165, 1.54) is 18.2 Å². The lowest BCUT2D eigenvalue weighted by Crippen LogP contribution is -1.93. The third-order valence-corrected chi connectivity index (χ3v) is 2.42. The molecule has 4 nitrogen and oxygen atoms in total. The van der Waals surface area contributed by atoms with E-state index in [1.54, 1.807) is 0 Å². The summed E-state index contributed by atoms with van der Waals surface area (Å²) in [4.78, 5) is 10.3. The van der Waals surface area contributed by atoms with Crippen LogP contribution in [-0.2, 0) is 17.3 Å². The van der Waals surface area contributed by atoms with Gasteiger partial charge in [-0.2, -0.15) is 0 Å². The van der Waals surface area contributed by atoms with Gasteiger partial charge in [-0.25, -0.2) is 8.42 Å². The first-order valence-electron chi connectivity index (χ1n) is 3.52. The molecule has 0 fully saturated rings. The third-order valence-electron chi connectivity index (χ3n) is 1.61. The molecule has 1 aromatic rings. The Kier molecular flexibility index (Phi) is 3.16. The lowest BCUT2D eigenvalue weighted by Gasteiger charge is -2.00. The van der Waals surface area contributed by atoms with Crippen LogP contribution in [0.3, 0.4) is 0 Å². The number of aliphatic hydroxyl groups is 1. The van der Waals surface area contributed by atoms with Crippen molar-refractivity contribution >= 4 is 17.0 Å². The molecule has 0 heterocycles. The van der Waals surface area contributed by atoms with Gasteiger partial charge in [0, 0.05) is 5.56 Å². The largest absolute Gasteiger partial charge is 0.392 e. The highest BCUT2D eigenvalue weighted by molar-refractivity contribution is 7.72. The van der Waals surface area contributed by atoms with Gasteiger partial charge in [0.2, 0.25) is 0 Å². The number of hydrogen-bond acceptors (Lipinski definition) is 4. The molecule has 5 heteroatoms. The normalized spacial score (nSPS) is 10.3. The standard InChI is InChI=1S/C8H8O4S/c9-4-6-1-2-7(5-10)8(3-6)13(11)12/h1-4,10,13H,5H2. The minimum absolute atomic E-state index is 0.00194. The Bertz CT molecular complexity index is 387. The van der Waals surface area contributed by atoms with Crippen LogP contribution in [0.1, 0.15) is 15.9 Å². The van der Waals surface area contributed by atoms with Crippen LogP contribution in [0.5, 0.6) is 0 Å². The van der Waals surface area contributed by atoms with E-state index in [0.29, 0.717) is 11.8 Å². The summed E-state index contributed by atoms with van der Waals surface area (Å²) in [6.07, 6.45) is 0.559. The van der Waals surface area contributed by atoms with Crippen LogP contribution in [0.4, 0.5) is 0 Å². The number of thiol groups is 1. The van der Waals surface area contributed by atoms with E-state index in [-0.39, 0.29) is 17.1 Å². The molecule has 0 amide bonds. The molecule has 1 aromatic carbocycles. The zero-order valence-corrected chi connectivity index (χ0v) is 7.53. The van der Waals surface area contributed by atoms with E-state index in [4.69, 9.17) is 5.11 Å². The molecule has 0 spiro atoms. The van der Waals surface area contributed by atoms with E-state index in [9.17, 15) is 13.2 Å². The Morgan fingerprint density at radius 3 is 2.54 bits per heavy atom. The molecule has 13 heavy (non-hydrogen) atoms.